The molecule has 8 heteroatoms. The number of ether oxygens (including phenoxy) is 1. The van der Waals surface area contributed by atoms with Crippen molar-refractivity contribution in [3.8, 4) is 0 Å². The summed E-state index contributed by atoms with van der Waals surface area (Å²) in [6.45, 7) is 5.47. The summed E-state index contributed by atoms with van der Waals surface area (Å²) in [4.78, 5) is 27.7. The molecule has 1 N–H and O–H groups in total. The highest BCUT2D eigenvalue weighted by atomic mass is 16.6. The second-order valence-corrected chi connectivity index (χ2v) is 6.17. The molecule has 3 atom stereocenters. The Kier molecular flexibility index (Phi) is 3.76. The average Bonchev–Trinajstić information content (AvgIpc) is 2.83. The van der Waals surface area contributed by atoms with Crippen molar-refractivity contribution in [2.75, 3.05) is 0 Å². The van der Waals surface area contributed by atoms with Crippen molar-refractivity contribution < 1.29 is 14.3 Å². The second-order valence-electron chi connectivity index (χ2n) is 6.17. The molecule has 2 saturated heterocycles. The molecule has 3 unspecified atom stereocenters. The van der Waals surface area contributed by atoms with E-state index in [0.717, 1.165) is 12.8 Å². The van der Waals surface area contributed by atoms with E-state index in [2.05, 4.69) is 15.3 Å². The molecular formula is C12H19N5O3. The summed E-state index contributed by atoms with van der Waals surface area (Å²) >= 11 is 0. The standard InChI is InChI=1S/C12H19N5O3/c1-12(2,3)20-11(19)17-7-4-5-9(17)8(6-7)14-10(18)15-16-13/h7-9H,4-6H2,1-3H3,(H,14,18). The maximum atomic E-state index is 12.2. The van der Waals surface area contributed by atoms with E-state index in [1.807, 2.05) is 20.8 Å². The molecule has 20 heavy (non-hydrogen) atoms. The van der Waals surface area contributed by atoms with Gasteiger partial charge < -0.3 is 15.0 Å². The first-order chi connectivity index (χ1) is 9.31. The van der Waals surface area contributed by atoms with Gasteiger partial charge in [-0.1, -0.05) is 0 Å². The zero-order chi connectivity index (χ0) is 14.9. The van der Waals surface area contributed by atoms with Crippen molar-refractivity contribution in [2.45, 2.75) is 63.8 Å². The van der Waals surface area contributed by atoms with Gasteiger partial charge in [-0.2, -0.15) is 0 Å². The van der Waals surface area contributed by atoms with Crippen LogP contribution in [0, 0.1) is 0 Å². The highest BCUT2D eigenvalue weighted by molar-refractivity contribution is 5.76. The number of rotatable bonds is 1. The van der Waals surface area contributed by atoms with Crippen molar-refractivity contribution in [1.29, 1.82) is 0 Å². The van der Waals surface area contributed by atoms with Crippen molar-refractivity contribution in [2.24, 2.45) is 5.11 Å². The van der Waals surface area contributed by atoms with E-state index < -0.39 is 11.6 Å². The van der Waals surface area contributed by atoms with E-state index in [1.54, 1.807) is 4.90 Å². The van der Waals surface area contributed by atoms with Crippen LogP contribution in [0.4, 0.5) is 9.59 Å². The number of nitrogens with zero attached hydrogens (tertiary/aromatic N) is 4. The smallest absolute Gasteiger partial charge is 0.410 e. The van der Waals surface area contributed by atoms with Gasteiger partial charge in [0.25, 0.3) is 0 Å². The van der Waals surface area contributed by atoms with Gasteiger partial charge >= 0.3 is 12.1 Å². The van der Waals surface area contributed by atoms with E-state index in [9.17, 15) is 9.59 Å². The van der Waals surface area contributed by atoms with Crippen LogP contribution in [0.25, 0.3) is 10.4 Å². The molecule has 2 rings (SSSR count). The molecule has 2 aliphatic rings. The molecule has 0 aromatic carbocycles. The lowest BCUT2D eigenvalue weighted by atomic mass is 9.96. The molecule has 2 aliphatic heterocycles. The van der Waals surface area contributed by atoms with Crippen LogP contribution in [0.5, 0.6) is 0 Å². The molecule has 0 saturated carbocycles. The number of nitrogens with one attached hydrogen (secondary N) is 1. The van der Waals surface area contributed by atoms with E-state index in [-0.39, 0.29) is 24.2 Å². The Hall–Kier alpha value is -1.95. The summed E-state index contributed by atoms with van der Waals surface area (Å²) in [7, 11) is 0. The molecule has 0 spiro atoms. The minimum Gasteiger partial charge on any atom is -0.444 e. The largest absolute Gasteiger partial charge is 0.444 e. The third-order valence-corrected chi connectivity index (χ3v) is 3.59. The van der Waals surface area contributed by atoms with Crippen LogP contribution in [0.1, 0.15) is 40.0 Å². The van der Waals surface area contributed by atoms with Crippen LogP contribution in [-0.2, 0) is 4.74 Å². The first-order valence-corrected chi connectivity index (χ1v) is 6.69. The molecular weight excluding hydrogens is 262 g/mol. The van der Waals surface area contributed by atoms with Crippen LogP contribution in [-0.4, -0.2) is 40.8 Å². The summed E-state index contributed by atoms with van der Waals surface area (Å²) in [5, 5.41) is 5.65. The molecule has 2 bridgehead atoms. The third kappa shape index (κ3) is 2.96. The van der Waals surface area contributed by atoms with E-state index in [1.165, 1.54) is 0 Å². The fourth-order valence-electron chi connectivity index (χ4n) is 2.97. The Morgan fingerprint density at radius 1 is 1.40 bits per heavy atom. The van der Waals surface area contributed by atoms with Crippen LogP contribution >= 0.6 is 0 Å². The topological polar surface area (TPSA) is 107 Å². The predicted molar refractivity (Wildman–Crippen MR) is 71.0 cm³/mol. The Labute approximate surface area is 117 Å². The molecule has 0 radical (unpaired) electrons. The fraction of sp³-hybridized carbons (Fsp3) is 0.833. The number of azide groups is 1. The van der Waals surface area contributed by atoms with Crippen molar-refractivity contribution in [1.82, 2.24) is 10.2 Å². The van der Waals surface area contributed by atoms with Gasteiger partial charge in [-0.3, -0.25) is 4.79 Å². The minimum absolute atomic E-state index is 0.0762. The average molecular weight is 281 g/mol. The monoisotopic (exact) mass is 281 g/mol. The maximum absolute atomic E-state index is 12.2. The van der Waals surface area contributed by atoms with Crippen LogP contribution in [0.3, 0.4) is 0 Å². The number of hydrogen-bond acceptors (Lipinski definition) is 3. The van der Waals surface area contributed by atoms with Gasteiger partial charge in [0.2, 0.25) is 0 Å². The van der Waals surface area contributed by atoms with E-state index in [4.69, 9.17) is 10.3 Å². The van der Waals surface area contributed by atoms with Crippen molar-refractivity contribution in [3.63, 3.8) is 0 Å². The SMILES string of the molecule is CC(C)(C)OC(=O)N1C2CCC1C(NC(=O)N=[N+]=[N-])C2. The lowest BCUT2D eigenvalue weighted by Gasteiger charge is -2.28. The summed E-state index contributed by atoms with van der Waals surface area (Å²) in [5.74, 6) is 0. The van der Waals surface area contributed by atoms with Crippen LogP contribution in [0.15, 0.2) is 5.11 Å². The van der Waals surface area contributed by atoms with Crippen LogP contribution < -0.4 is 5.32 Å². The minimum atomic E-state index is -0.700. The zero-order valence-electron chi connectivity index (χ0n) is 11.9. The first-order valence-electron chi connectivity index (χ1n) is 6.69. The van der Waals surface area contributed by atoms with Gasteiger partial charge in [0.05, 0.1) is 12.1 Å². The molecule has 3 amide bonds. The predicted octanol–water partition coefficient (Wildman–Crippen LogP) is 2.55. The van der Waals surface area contributed by atoms with E-state index in [0.29, 0.717) is 6.42 Å². The summed E-state index contributed by atoms with van der Waals surface area (Å²) < 4.78 is 5.40. The number of carbonyl (C=O) groups is 2. The van der Waals surface area contributed by atoms with Gasteiger partial charge in [-0.25, -0.2) is 4.79 Å². The van der Waals surface area contributed by atoms with Crippen molar-refractivity contribution in [3.05, 3.63) is 10.4 Å². The van der Waals surface area contributed by atoms with Gasteiger partial charge in [0, 0.05) is 16.1 Å². The number of fused-ring (bicyclic) bond motifs is 2. The lowest BCUT2D eigenvalue weighted by molar-refractivity contribution is 0.0211. The van der Waals surface area contributed by atoms with Gasteiger partial charge in [-0.15, -0.1) is 0 Å². The number of urea groups is 1. The second kappa shape index (κ2) is 5.20. The Morgan fingerprint density at radius 2 is 2.10 bits per heavy atom. The summed E-state index contributed by atoms with van der Waals surface area (Å²) in [6, 6.07) is -0.854. The maximum Gasteiger partial charge on any atom is 0.410 e. The Balaban J connectivity index is 2.02. The van der Waals surface area contributed by atoms with Gasteiger partial charge in [0.15, 0.2) is 0 Å². The normalized spacial score (nSPS) is 27.9. The zero-order valence-corrected chi connectivity index (χ0v) is 11.9. The number of carbonyl (C=O) groups excluding carboxylic acids is 2. The quantitative estimate of drug-likeness (QED) is 0.453. The molecule has 0 aromatic heterocycles. The Bertz CT molecular complexity index is 466. The highest BCUT2D eigenvalue weighted by Crippen LogP contribution is 2.38. The third-order valence-electron chi connectivity index (χ3n) is 3.59. The Morgan fingerprint density at radius 3 is 2.70 bits per heavy atom. The van der Waals surface area contributed by atoms with Gasteiger partial charge in [-0.05, 0) is 45.6 Å². The molecule has 0 aliphatic carbocycles. The molecule has 2 heterocycles. The van der Waals surface area contributed by atoms with Crippen molar-refractivity contribution >= 4 is 12.1 Å². The van der Waals surface area contributed by atoms with E-state index >= 15 is 0 Å². The number of hydrogen-bond donors (Lipinski definition) is 1. The highest BCUT2D eigenvalue weighted by Gasteiger charge is 2.50. The molecule has 2 fully saturated rings. The summed E-state index contributed by atoms with van der Waals surface area (Å²) in [5.41, 5.74) is 7.68. The van der Waals surface area contributed by atoms with Gasteiger partial charge in [0.1, 0.15) is 5.60 Å². The number of amides is 3. The molecule has 110 valence electrons. The molecule has 0 aromatic rings. The molecule has 8 nitrogen and oxygen atoms in total. The first kappa shape index (κ1) is 14.5. The summed E-state index contributed by atoms with van der Waals surface area (Å²) in [6.07, 6.45) is 2.07. The van der Waals surface area contributed by atoms with Crippen LogP contribution in [0.2, 0.25) is 0 Å². The fourth-order valence-corrected chi connectivity index (χ4v) is 2.97. The lowest BCUT2D eigenvalue weighted by Crippen LogP contribution is -2.45.